The first-order valence-electron chi connectivity index (χ1n) is 4.64. The zero-order chi connectivity index (χ0) is 12.1. The molecule has 1 aromatic carbocycles. The predicted octanol–water partition coefficient (Wildman–Crippen LogP) is 1.56. The number of ketones is 1. The lowest BCUT2D eigenvalue weighted by Gasteiger charge is -2.05. The molecular formula is C11H11BrO4. The number of carbonyl (C=O) groups is 2. The minimum Gasteiger partial charge on any atom is -0.455 e. The molecule has 1 atom stereocenters. The lowest BCUT2D eigenvalue weighted by Crippen LogP contribution is -2.22. The molecule has 0 spiro atoms. The molecular weight excluding hydrogens is 276 g/mol. The maximum atomic E-state index is 11.5. The maximum absolute atomic E-state index is 11.5. The molecule has 1 rings (SSSR count). The van der Waals surface area contributed by atoms with E-state index < -0.39 is 12.1 Å². The Morgan fingerprint density at radius 1 is 1.38 bits per heavy atom. The molecule has 0 aliphatic rings. The van der Waals surface area contributed by atoms with Gasteiger partial charge in [0, 0.05) is 10.0 Å². The van der Waals surface area contributed by atoms with Crippen LogP contribution in [-0.2, 0) is 9.53 Å². The fourth-order valence-corrected chi connectivity index (χ4v) is 1.24. The van der Waals surface area contributed by atoms with E-state index in [9.17, 15) is 9.59 Å². The van der Waals surface area contributed by atoms with Crippen LogP contribution in [-0.4, -0.2) is 29.6 Å². The number of aliphatic hydroxyl groups excluding tert-OH is 1. The molecule has 1 unspecified atom stereocenters. The minimum atomic E-state index is -1.21. The molecule has 5 heteroatoms. The van der Waals surface area contributed by atoms with Crippen LogP contribution in [0.25, 0.3) is 0 Å². The predicted molar refractivity (Wildman–Crippen MR) is 61.1 cm³/mol. The first-order valence-corrected chi connectivity index (χ1v) is 5.43. The van der Waals surface area contributed by atoms with Gasteiger partial charge in [-0.15, -0.1) is 0 Å². The highest BCUT2D eigenvalue weighted by atomic mass is 79.9. The van der Waals surface area contributed by atoms with Crippen LogP contribution in [0.4, 0.5) is 0 Å². The van der Waals surface area contributed by atoms with Gasteiger partial charge in [-0.1, -0.05) is 28.1 Å². The third-order valence-electron chi connectivity index (χ3n) is 1.85. The molecule has 0 amide bonds. The van der Waals surface area contributed by atoms with Crippen molar-refractivity contribution in [2.45, 2.75) is 13.0 Å². The van der Waals surface area contributed by atoms with Gasteiger partial charge >= 0.3 is 5.97 Å². The number of aliphatic hydroxyl groups is 1. The summed E-state index contributed by atoms with van der Waals surface area (Å²) in [5, 5.41) is 8.85. The van der Waals surface area contributed by atoms with Crippen molar-refractivity contribution in [1.82, 2.24) is 0 Å². The monoisotopic (exact) mass is 286 g/mol. The summed E-state index contributed by atoms with van der Waals surface area (Å²) in [6.07, 6.45) is -1.21. The fraction of sp³-hybridized carbons (Fsp3) is 0.273. The first-order chi connectivity index (χ1) is 7.50. The lowest BCUT2D eigenvalue weighted by molar-refractivity contribution is -0.151. The lowest BCUT2D eigenvalue weighted by atomic mass is 10.1. The molecule has 1 N–H and O–H groups in total. The van der Waals surface area contributed by atoms with Gasteiger partial charge in [-0.3, -0.25) is 4.79 Å². The molecule has 1 aromatic rings. The number of halogens is 1. The van der Waals surface area contributed by atoms with Crippen LogP contribution in [0.2, 0.25) is 0 Å². The quantitative estimate of drug-likeness (QED) is 0.674. The topological polar surface area (TPSA) is 63.6 Å². The molecule has 86 valence electrons. The highest BCUT2D eigenvalue weighted by Crippen LogP contribution is 2.11. The number of hydrogen-bond acceptors (Lipinski definition) is 4. The van der Waals surface area contributed by atoms with Crippen molar-refractivity contribution in [2.75, 3.05) is 6.61 Å². The smallest absolute Gasteiger partial charge is 0.335 e. The number of benzene rings is 1. The van der Waals surface area contributed by atoms with Gasteiger partial charge in [0.2, 0.25) is 0 Å². The minimum absolute atomic E-state index is 0.304. The van der Waals surface area contributed by atoms with E-state index in [0.717, 1.165) is 4.47 Å². The maximum Gasteiger partial charge on any atom is 0.335 e. The van der Waals surface area contributed by atoms with Gasteiger partial charge in [0.1, 0.15) is 6.10 Å². The average molecular weight is 287 g/mol. The first kappa shape index (κ1) is 12.9. The number of ether oxygens (including phenoxy) is 1. The summed E-state index contributed by atoms with van der Waals surface area (Å²) in [5.41, 5.74) is 0.460. The summed E-state index contributed by atoms with van der Waals surface area (Å²) in [4.78, 5) is 22.4. The van der Waals surface area contributed by atoms with Gasteiger partial charge in [-0.05, 0) is 19.1 Å². The van der Waals surface area contributed by atoms with Crippen molar-refractivity contribution in [3.63, 3.8) is 0 Å². The molecule has 0 saturated carbocycles. The summed E-state index contributed by atoms with van der Waals surface area (Å²) in [7, 11) is 0. The van der Waals surface area contributed by atoms with E-state index in [1.165, 1.54) is 6.92 Å². The van der Waals surface area contributed by atoms with E-state index in [4.69, 9.17) is 5.11 Å². The van der Waals surface area contributed by atoms with Gasteiger partial charge in [-0.25, -0.2) is 4.79 Å². The Hall–Kier alpha value is -1.20. The van der Waals surface area contributed by atoms with Crippen molar-refractivity contribution in [3.8, 4) is 0 Å². The number of rotatable bonds is 4. The van der Waals surface area contributed by atoms with Crippen LogP contribution >= 0.6 is 15.9 Å². The van der Waals surface area contributed by atoms with Crippen molar-refractivity contribution in [3.05, 3.63) is 34.3 Å². The molecule has 0 fully saturated rings. The largest absolute Gasteiger partial charge is 0.455 e. The molecule has 0 saturated heterocycles. The molecule has 0 radical (unpaired) electrons. The number of esters is 1. The van der Waals surface area contributed by atoms with Gasteiger partial charge < -0.3 is 9.84 Å². The summed E-state index contributed by atoms with van der Waals surface area (Å²) < 4.78 is 5.47. The van der Waals surface area contributed by atoms with E-state index in [1.807, 2.05) is 0 Å². The zero-order valence-corrected chi connectivity index (χ0v) is 10.2. The summed E-state index contributed by atoms with van der Waals surface area (Å²) in [6.45, 7) is 0.928. The standard InChI is InChI=1S/C11H11BrO4/c1-7(13)11(15)16-6-10(14)8-2-4-9(12)5-3-8/h2-5,7,13H,6H2,1H3. The Morgan fingerprint density at radius 2 is 1.94 bits per heavy atom. The Bertz CT molecular complexity index is 383. The third-order valence-corrected chi connectivity index (χ3v) is 2.38. The number of Topliss-reactive ketones (excluding diaryl/α,β-unsaturated/α-hetero) is 1. The van der Waals surface area contributed by atoms with Gasteiger partial charge in [-0.2, -0.15) is 0 Å². The normalized spacial score (nSPS) is 11.9. The average Bonchev–Trinajstić information content (AvgIpc) is 2.26. The highest BCUT2D eigenvalue weighted by molar-refractivity contribution is 9.10. The van der Waals surface area contributed by atoms with Crippen molar-refractivity contribution in [1.29, 1.82) is 0 Å². The summed E-state index contributed by atoms with van der Waals surface area (Å²) in [5.74, 6) is -1.10. The second-order valence-electron chi connectivity index (χ2n) is 3.21. The fourth-order valence-electron chi connectivity index (χ4n) is 0.976. The Morgan fingerprint density at radius 3 is 2.44 bits per heavy atom. The van der Waals surface area contributed by atoms with E-state index in [-0.39, 0.29) is 12.4 Å². The zero-order valence-electron chi connectivity index (χ0n) is 8.64. The van der Waals surface area contributed by atoms with E-state index in [0.29, 0.717) is 5.56 Å². The number of hydrogen-bond donors (Lipinski definition) is 1. The second kappa shape index (κ2) is 5.77. The molecule has 0 aliphatic heterocycles. The SMILES string of the molecule is CC(O)C(=O)OCC(=O)c1ccc(Br)cc1. The number of carbonyl (C=O) groups excluding carboxylic acids is 2. The summed E-state index contributed by atoms with van der Waals surface area (Å²) in [6, 6.07) is 6.71. The van der Waals surface area contributed by atoms with Crippen LogP contribution in [0.5, 0.6) is 0 Å². The van der Waals surface area contributed by atoms with E-state index in [2.05, 4.69) is 20.7 Å². The molecule has 16 heavy (non-hydrogen) atoms. The van der Waals surface area contributed by atoms with Crippen molar-refractivity contribution < 1.29 is 19.4 Å². The van der Waals surface area contributed by atoms with Crippen LogP contribution in [0.1, 0.15) is 17.3 Å². The molecule has 0 heterocycles. The van der Waals surface area contributed by atoms with Crippen LogP contribution in [0.3, 0.4) is 0 Å². The van der Waals surface area contributed by atoms with Crippen LogP contribution in [0, 0.1) is 0 Å². The van der Waals surface area contributed by atoms with Crippen molar-refractivity contribution in [2.24, 2.45) is 0 Å². The van der Waals surface area contributed by atoms with Gasteiger partial charge in [0.05, 0.1) is 0 Å². The second-order valence-corrected chi connectivity index (χ2v) is 4.13. The molecule has 4 nitrogen and oxygen atoms in total. The van der Waals surface area contributed by atoms with Crippen LogP contribution < -0.4 is 0 Å². The van der Waals surface area contributed by atoms with E-state index >= 15 is 0 Å². The molecule has 0 aliphatic carbocycles. The Balaban J connectivity index is 2.53. The highest BCUT2D eigenvalue weighted by Gasteiger charge is 2.13. The van der Waals surface area contributed by atoms with Crippen molar-refractivity contribution >= 4 is 27.7 Å². The van der Waals surface area contributed by atoms with Gasteiger partial charge in [0.15, 0.2) is 12.4 Å². The Labute approximate surface area is 101 Å². The summed E-state index contributed by atoms with van der Waals surface area (Å²) >= 11 is 3.25. The molecule has 0 aromatic heterocycles. The van der Waals surface area contributed by atoms with E-state index in [1.54, 1.807) is 24.3 Å². The third kappa shape index (κ3) is 3.75. The van der Waals surface area contributed by atoms with Gasteiger partial charge in [0.25, 0.3) is 0 Å². The Kier molecular flexibility index (Phi) is 4.64. The van der Waals surface area contributed by atoms with Crippen LogP contribution in [0.15, 0.2) is 28.7 Å². The molecule has 0 bridgehead atoms.